The average molecular weight is 213 g/mol. The summed E-state index contributed by atoms with van der Waals surface area (Å²) in [6.07, 6.45) is 3.40. The quantitative estimate of drug-likeness (QED) is 0.601. The minimum absolute atomic E-state index is 0.550. The molecular weight excluding hydrogens is 194 g/mol. The predicted molar refractivity (Wildman–Crippen MR) is 68.3 cm³/mol. The van der Waals surface area contributed by atoms with Gasteiger partial charge in [0.25, 0.3) is 0 Å². The molecule has 0 spiro atoms. The molecule has 1 N–H and O–H groups in total. The first-order valence-corrected chi connectivity index (χ1v) is 6.03. The number of aryl methyl sites for hydroxylation is 2. The van der Waals surface area contributed by atoms with E-state index in [1.54, 1.807) is 0 Å². The minimum Gasteiger partial charge on any atom is -0.309 e. The van der Waals surface area contributed by atoms with E-state index < -0.39 is 0 Å². The number of nitrogens with one attached hydrogen (secondary N) is 1. The summed E-state index contributed by atoms with van der Waals surface area (Å²) in [5.41, 5.74) is 4.38. The topological polar surface area (TPSA) is 12.0 Å². The molecule has 1 aromatic rings. The maximum Gasteiger partial charge on any atom is 0.0326 e. The Kier molecular flexibility index (Phi) is 3.64. The average Bonchev–Trinajstić information content (AvgIpc) is 2.67. The van der Waals surface area contributed by atoms with E-state index in [-0.39, 0.29) is 0 Å². The summed E-state index contributed by atoms with van der Waals surface area (Å²) in [5, 5.41) is 3.60. The Bertz CT molecular complexity index is 423. The zero-order valence-corrected chi connectivity index (χ0v) is 10.1. The van der Waals surface area contributed by atoms with Crippen LogP contribution >= 0.6 is 0 Å². The van der Waals surface area contributed by atoms with Crippen LogP contribution in [0.1, 0.15) is 42.5 Å². The van der Waals surface area contributed by atoms with Gasteiger partial charge in [-0.15, -0.1) is 11.8 Å². The summed E-state index contributed by atoms with van der Waals surface area (Å²) in [6, 6.07) is 7.36. The standard InChI is InChI=1S/C15H19N/c1-3-4-5-10-16-15-9-8-13-7-6-12(2)11-14(13)15/h6-7,11,15-16H,5,8-10H2,1-2H3. The summed E-state index contributed by atoms with van der Waals surface area (Å²) < 4.78 is 0. The maximum atomic E-state index is 3.60. The van der Waals surface area contributed by atoms with Crippen LogP contribution in [0.2, 0.25) is 0 Å². The van der Waals surface area contributed by atoms with Gasteiger partial charge >= 0.3 is 0 Å². The van der Waals surface area contributed by atoms with E-state index in [9.17, 15) is 0 Å². The van der Waals surface area contributed by atoms with Crippen LogP contribution in [0, 0.1) is 18.8 Å². The maximum absolute atomic E-state index is 3.60. The summed E-state index contributed by atoms with van der Waals surface area (Å²) in [4.78, 5) is 0. The highest BCUT2D eigenvalue weighted by atomic mass is 14.9. The molecule has 1 nitrogen and oxygen atoms in total. The highest BCUT2D eigenvalue weighted by Crippen LogP contribution is 2.31. The molecule has 1 unspecified atom stereocenters. The SMILES string of the molecule is CC#CCCNC1CCc2ccc(C)cc21. The first-order valence-electron chi connectivity index (χ1n) is 6.03. The smallest absolute Gasteiger partial charge is 0.0326 e. The zero-order valence-electron chi connectivity index (χ0n) is 10.1. The monoisotopic (exact) mass is 213 g/mol. The molecule has 0 fully saturated rings. The number of benzene rings is 1. The summed E-state index contributed by atoms with van der Waals surface area (Å²) in [5.74, 6) is 6.03. The van der Waals surface area contributed by atoms with Crippen molar-refractivity contribution in [3.8, 4) is 11.8 Å². The molecule has 84 valence electrons. The van der Waals surface area contributed by atoms with Gasteiger partial charge in [0.1, 0.15) is 0 Å². The molecule has 0 radical (unpaired) electrons. The third kappa shape index (κ3) is 2.46. The molecular formula is C15H19N. The van der Waals surface area contributed by atoms with Crippen molar-refractivity contribution in [3.05, 3.63) is 34.9 Å². The van der Waals surface area contributed by atoms with Gasteiger partial charge < -0.3 is 5.32 Å². The fraction of sp³-hybridized carbons (Fsp3) is 0.467. The third-order valence-corrected chi connectivity index (χ3v) is 3.20. The van der Waals surface area contributed by atoms with Crippen LogP contribution in [0.3, 0.4) is 0 Å². The number of hydrogen-bond acceptors (Lipinski definition) is 1. The lowest BCUT2D eigenvalue weighted by molar-refractivity contribution is 0.539. The zero-order chi connectivity index (χ0) is 11.4. The Labute approximate surface area is 98.3 Å². The van der Waals surface area contributed by atoms with E-state index in [0.717, 1.165) is 13.0 Å². The predicted octanol–water partition coefficient (Wildman–Crippen LogP) is 2.99. The van der Waals surface area contributed by atoms with Gasteiger partial charge in [-0.25, -0.2) is 0 Å². The number of rotatable bonds is 3. The Morgan fingerprint density at radius 2 is 2.31 bits per heavy atom. The second-order valence-corrected chi connectivity index (χ2v) is 4.42. The van der Waals surface area contributed by atoms with E-state index in [4.69, 9.17) is 0 Å². The molecule has 0 aliphatic heterocycles. The second-order valence-electron chi connectivity index (χ2n) is 4.42. The van der Waals surface area contributed by atoms with Crippen molar-refractivity contribution in [2.75, 3.05) is 6.54 Å². The molecule has 1 atom stereocenters. The fourth-order valence-electron chi connectivity index (χ4n) is 2.37. The molecule has 0 saturated carbocycles. The largest absolute Gasteiger partial charge is 0.309 e. The summed E-state index contributed by atoms with van der Waals surface area (Å²) in [7, 11) is 0. The van der Waals surface area contributed by atoms with E-state index in [1.165, 1.54) is 29.5 Å². The minimum atomic E-state index is 0.550. The highest BCUT2D eigenvalue weighted by molar-refractivity contribution is 5.37. The van der Waals surface area contributed by atoms with Crippen molar-refractivity contribution in [1.29, 1.82) is 0 Å². The van der Waals surface area contributed by atoms with Crippen LogP contribution in [-0.4, -0.2) is 6.54 Å². The number of fused-ring (bicyclic) bond motifs is 1. The number of hydrogen-bond donors (Lipinski definition) is 1. The Balaban J connectivity index is 1.99. The van der Waals surface area contributed by atoms with E-state index in [0.29, 0.717) is 6.04 Å². The van der Waals surface area contributed by atoms with Crippen molar-refractivity contribution in [2.45, 2.75) is 39.2 Å². The molecule has 0 aromatic heterocycles. The molecule has 1 heteroatoms. The van der Waals surface area contributed by atoms with Gasteiger partial charge in [0.2, 0.25) is 0 Å². The van der Waals surface area contributed by atoms with E-state index in [2.05, 4.69) is 42.3 Å². The van der Waals surface area contributed by atoms with Crippen LogP contribution < -0.4 is 5.32 Å². The molecule has 0 heterocycles. The van der Waals surface area contributed by atoms with Crippen molar-refractivity contribution < 1.29 is 0 Å². The van der Waals surface area contributed by atoms with E-state index in [1.807, 2.05) is 6.92 Å². The lowest BCUT2D eigenvalue weighted by Gasteiger charge is -2.13. The molecule has 16 heavy (non-hydrogen) atoms. The first kappa shape index (κ1) is 11.2. The summed E-state index contributed by atoms with van der Waals surface area (Å²) >= 11 is 0. The lowest BCUT2D eigenvalue weighted by Crippen LogP contribution is -2.20. The highest BCUT2D eigenvalue weighted by Gasteiger charge is 2.21. The molecule has 1 aliphatic carbocycles. The van der Waals surface area contributed by atoms with Crippen molar-refractivity contribution >= 4 is 0 Å². The third-order valence-electron chi connectivity index (χ3n) is 3.20. The molecule has 1 aromatic carbocycles. The van der Waals surface area contributed by atoms with E-state index >= 15 is 0 Å². The van der Waals surface area contributed by atoms with Crippen LogP contribution in [0.25, 0.3) is 0 Å². The van der Waals surface area contributed by atoms with Gasteiger partial charge in [0, 0.05) is 19.0 Å². The van der Waals surface area contributed by atoms with Crippen molar-refractivity contribution in [1.82, 2.24) is 5.32 Å². The normalized spacial score (nSPS) is 17.8. The van der Waals surface area contributed by atoms with Crippen LogP contribution in [0.15, 0.2) is 18.2 Å². The van der Waals surface area contributed by atoms with Gasteiger partial charge in [-0.1, -0.05) is 23.8 Å². The van der Waals surface area contributed by atoms with Gasteiger partial charge in [-0.2, -0.15) is 0 Å². The summed E-state index contributed by atoms with van der Waals surface area (Å²) in [6.45, 7) is 5.06. The Morgan fingerprint density at radius 1 is 1.44 bits per heavy atom. The van der Waals surface area contributed by atoms with Crippen LogP contribution in [0.4, 0.5) is 0 Å². The van der Waals surface area contributed by atoms with Gasteiger partial charge in [-0.05, 0) is 37.8 Å². The second kappa shape index (κ2) is 5.18. The molecule has 0 bridgehead atoms. The fourth-order valence-corrected chi connectivity index (χ4v) is 2.37. The molecule has 2 rings (SSSR count). The van der Waals surface area contributed by atoms with Crippen LogP contribution in [-0.2, 0) is 6.42 Å². The molecule has 0 amide bonds. The first-order chi connectivity index (χ1) is 7.81. The van der Waals surface area contributed by atoms with Gasteiger partial charge in [0.05, 0.1) is 0 Å². The molecule has 1 aliphatic rings. The van der Waals surface area contributed by atoms with Crippen molar-refractivity contribution in [3.63, 3.8) is 0 Å². The van der Waals surface area contributed by atoms with Gasteiger partial charge in [0.15, 0.2) is 0 Å². The molecule has 0 saturated heterocycles. The van der Waals surface area contributed by atoms with Crippen LogP contribution in [0.5, 0.6) is 0 Å². The Morgan fingerprint density at radius 3 is 3.12 bits per heavy atom. The van der Waals surface area contributed by atoms with Crippen molar-refractivity contribution in [2.24, 2.45) is 0 Å². The lowest BCUT2D eigenvalue weighted by atomic mass is 10.1. The van der Waals surface area contributed by atoms with Gasteiger partial charge in [-0.3, -0.25) is 0 Å². The Hall–Kier alpha value is -1.26.